The molecule has 9 nitrogen and oxygen atoms in total. The number of amides is 3. The van der Waals surface area contributed by atoms with Gasteiger partial charge in [-0.15, -0.1) is 0 Å². The minimum atomic E-state index is -0.738. The van der Waals surface area contributed by atoms with E-state index in [0.717, 1.165) is 42.7 Å². The molecular weight excluding hydrogens is 386 g/mol. The second-order valence-corrected chi connectivity index (χ2v) is 7.56. The number of carbonyl (C=O) groups excluding carboxylic acids is 3. The molecule has 1 aromatic carbocycles. The highest BCUT2D eigenvalue weighted by Crippen LogP contribution is 2.34. The Bertz CT molecular complexity index is 861. The smallest absolute Gasteiger partial charge is 0.311 e. The van der Waals surface area contributed by atoms with Crippen LogP contribution in [0.1, 0.15) is 31.2 Å². The van der Waals surface area contributed by atoms with Crippen molar-refractivity contribution in [2.75, 3.05) is 19.6 Å². The molecule has 0 bridgehead atoms. The summed E-state index contributed by atoms with van der Waals surface area (Å²) in [6.07, 6.45) is 5.29. The number of rotatable bonds is 4. The van der Waals surface area contributed by atoms with E-state index < -0.39 is 27.5 Å². The molecule has 0 atom stereocenters. The molecular formula is C18H19N3O6S. The molecule has 3 amide bonds. The van der Waals surface area contributed by atoms with E-state index in [1.165, 1.54) is 12.1 Å². The third-order valence-corrected chi connectivity index (χ3v) is 5.53. The van der Waals surface area contributed by atoms with Crippen molar-refractivity contribution in [1.29, 1.82) is 0 Å². The highest BCUT2D eigenvalue weighted by atomic mass is 32.2. The lowest BCUT2D eigenvalue weighted by Crippen LogP contribution is -2.42. The Balaban J connectivity index is 1.74. The number of nitro groups is 1. The van der Waals surface area contributed by atoms with E-state index in [2.05, 4.69) is 0 Å². The van der Waals surface area contributed by atoms with Crippen LogP contribution in [-0.2, 0) is 9.59 Å². The number of nitrogens with zero attached hydrogens (tertiary/aromatic N) is 3. The van der Waals surface area contributed by atoms with Gasteiger partial charge in [-0.25, -0.2) is 0 Å². The number of carbonyl (C=O) groups is 3. The summed E-state index contributed by atoms with van der Waals surface area (Å²) in [5, 5.41) is 19.9. The van der Waals surface area contributed by atoms with Crippen molar-refractivity contribution in [3.05, 3.63) is 38.8 Å². The van der Waals surface area contributed by atoms with Gasteiger partial charge in [0.1, 0.15) is 6.54 Å². The zero-order chi connectivity index (χ0) is 20.3. The van der Waals surface area contributed by atoms with Crippen LogP contribution in [0.25, 0.3) is 6.08 Å². The number of thioether (sulfide) groups is 1. The molecule has 2 aliphatic heterocycles. The van der Waals surface area contributed by atoms with Gasteiger partial charge < -0.3 is 10.0 Å². The molecule has 2 saturated heterocycles. The fourth-order valence-corrected chi connectivity index (χ4v) is 3.96. The normalized spacial score (nSPS) is 19.2. The molecule has 0 aliphatic carbocycles. The molecule has 2 heterocycles. The van der Waals surface area contributed by atoms with Crippen molar-refractivity contribution in [3.63, 3.8) is 0 Å². The molecule has 2 aliphatic rings. The molecule has 0 unspecified atom stereocenters. The molecule has 1 N–H and O–H groups in total. The number of likely N-dealkylation sites (tertiary alicyclic amines) is 1. The zero-order valence-corrected chi connectivity index (χ0v) is 15.8. The maximum atomic E-state index is 12.6. The molecule has 0 spiro atoms. The Morgan fingerprint density at radius 3 is 2.54 bits per heavy atom. The summed E-state index contributed by atoms with van der Waals surface area (Å²) in [5.74, 6) is -1.35. The Morgan fingerprint density at radius 1 is 1.21 bits per heavy atom. The highest BCUT2D eigenvalue weighted by Gasteiger charge is 2.37. The van der Waals surface area contributed by atoms with Gasteiger partial charge in [-0.2, -0.15) is 0 Å². The predicted molar refractivity (Wildman–Crippen MR) is 102 cm³/mol. The first-order chi connectivity index (χ1) is 13.4. The van der Waals surface area contributed by atoms with Crippen molar-refractivity contribution in [3.8, 4) is 5.75 Å². The average Bonchev–Trinajstić information content (AvgIpc) is 2.87. The van der Waals surface area contributed by atoms with Crippen molar-refractivity contribution < 1.29 is 24.4 Å². The minimum Gasteiger partial charge on any atom is -0.502 e. The van der Waals surface area contributed by atoms with E-state index in [9.17, 15) is 29.6 Å². The van der Waals surface area contributed by atoms with Crippen LogP contribution in [0.3, 0.4) is 0 Å². The van der Waals surface area contributed by atoms with Gasteiger partial charge in [0.15, 0.2) is 5.75 Å². The second-order valence-electron chi connectivity index (χ2n) is 6.57. The highest BCUT2D eigenvalue weighted by molar-refractivity contribution is 8.18. The lowest BCUT2D eigenvalue weighted by molar-refractivity contribution is -0.385. The van der Waals surface area contributed by atoms with Crippen molar-refractivity contribution >= 4 is 40.6 Å². The van der Waals surface area contributed by atoms with Crippen LogP contribution in [0.2, 0.25) is 0 Å². The summed E-state index contributed by atoms with van der Waals surface area (Å²) >= 11 is 0.683. The van der Waals surface area contributed by atoms with Crippen LogP contribution < -0.4 is 0 Å². The van der Waals surface area contributed by atoms with Crippen molar-refractivity contribution in [2.45, 2.75) is 25.7 Å². The summed E-state index contributed by atoms with van der Waals surface area (Å²) in [6, 6.07) is 3.67. The Kier molecular flexibility index (Phi) is 5.98. The van der Waals surface area contributed by atoms with Gasteiger partial charge in [-0.3, -0.25) is 29.4 Å². The Hall–Kier alpha value is -2.88. The third kappa shape index (κ3) is 4.33. The molecule has 0 aromatic heterocycles. The largest absolute Gasteiger partial charge is 0.502 e. The van der Waals surface area contributed by atoms with Crippen LogP contribution in [0, 0.1) is 10.1 Å². The first kappa shape index (κ1) is 19.9. The molecule has 148 valence electrons. The maximum absolute atomic E-state index is 12.6. The molecule has 3 rings (SSSR count). The number of hydrogen-bond donors (Lipinski definition) is 1. The summed E-state index contributed by atoms with van der Waals surface area (Å²) < 4.78 is 0. The summed E-state index contributed by atoms with van der Waals surface area (Å²) in [5.41, 5.74) is -0.196. The minimum absolute atomic E-state index is 0.0775. The Labute approximate surface area is 165 Å². The van der Waals surface area contributed by atoms with E-state index in [1.807, 2.05) is 0 Å². The molecule has 1 aromatic rings. The van der Waals surface area contributed by atoms with Crippen LogP contribution in [0.15, 0.2) is 23.1 Å². The second kappa shape index (κ2) is 8.42. The number of aromatic hydroxyl groups is 1. The quantitative estimate of drug-likeness (QED) is 0.464. The van der Waals surface area contributed by atoms with Gasteiger partial charge in [0.2, 0.25) is 5.91 Å². The number of imide groups is 1. The van der Waals surface area contributed by atoms with E-state index in [-0.39, 0.29) is 17.4 Å². The fourth-order valence-electron chi connectivity index (χ4n) is 3.12. The van der Waals surface area contributed by atoms with Crippen molar-refractivity contribution in [1.82, 2.24) is 9.80 Å². The summed E-state index contributed by atoms with van der Waals surface area (Å²) in [7, 11) is 0. The summed E-state index contributed by atoms with van der Waals surface area (Å²) in [6.45, 7) is 0.946. The number of benzene rings is 1. The van der Waals surface area contributed by atoms with E-state index in [4.69, 9.17) is 0 Å². The van der Waals surface area contributed by atoms with Gasteiger partial charge in [0.05, 0.1) is 9.83 Å². The van der Waals surface area contributed by atoms with Gasteiger partial charge in [0.25, 0.3) is 11.1 Å². The van der Waals surface area contributed by atoms with Gasteiger partial charge in [-0.05, 0) is 42.3 Å². The molecule has 28 heavy (non-hydrogen) atoms. The average molecular weight is 405 g/mol. The summed E-state index contributed by atoms with van der Waals surface area (Å²) in [4.78, 5) is 50.1. The SMILES string of the molecule is O=C(CN1C(=O)S/C(=C\c2ccc(O)c([N+](=O)[O-])c2)C1=O)N1CCCCCC1. The van der Waals surface area contributed by atoms with Gasteiger partial charge >= 0.3 is 5.69 Å². The standard InChI is InChI=1S/C18H19N3O6S/c22-14-6-5-12(9-13(14)21(26)27)10-15-17(24)20(18(25)28-15)11-16(23)19-7-3-1-2-4-8-19/h5-6,9-10,22H,1-4,7-8,11H2/b15-10-. The molecule has 0 saturated carbocycles. The van der Waals surface area contributed by atoms with E-state index in [1.54, 1.807) is 4.90 Å². The number of phenolic OH excluding ortho intramolecular Hbond substituents is 1. The van der Waals surface area contributed by atoms with Gasteiger partial charge in [0, 0.05) is 19.2 Å². The number of phenols is 1. The Morgan fingerprint density at radius 2 is 1.89 bits per heavy atom. The maximum Gasteiger partial charge on any atom is 0.311 e. The monoisotopic (exact) mass is 405 g/mol. The first-order valence-electron chi connectivity index (χ1n) is 8.87. The fraction of sp³-hybridized carbons (Fsp3) is 0.389. The number of nitro benzene ring substituents is 1. The van der Waals surface area contributed by atoms with E-state index in [0.29, 0.717) is 30.4 Å². The predicted octanol–water partition coefficient (Wildman–Crippen LogP) is 2.74. The van der Waals surface area contributed by atoms with Crippen LogP contribution in [0.4, 0.5) is 10.5 Å². The van der Waals surface area contributed by atoms with Crippen LogP contribution in [0.5, 0.6) is 5.75 Å². The van der Waals surface area contributed by atoms with Gasteiger partial charge in [-0.1, -0.05) is 18.9 Å². The van der Waals surface area contributed by atoms with Crippen molar-refractivity contribution in [2.24, 2.45) is 0 Å². The lowest BCUT2D eigenvalue weighted by Gasteiger charge is -2.22. The van der Waals surface area contributed by atoms with Crippen LogP contribution >= 0.6 is 11.8 Å². The van der Waals surface area contributed by atoms with Crippen LogP contribution in [-0.4, -0.2) is 56.5 Å². The molecule has 0 radical (unpaired) electrons. The molecule has 2 fully saturated rings. The topological polar surface area (TPSA) is 121 Å². The first-order valence-corrected chi connectivity index (χ1v) is 9.69. The molecule has 10 heteroatoms. The third-order valence-electron chi connectivity index (χ3n) is 4.62. The zero-order valence-electron chi connectivity index (χ0n) is 15.0. The lowest BCUT2D eigenvalue weighted by atomic mass is 10.1. The number of hydrogen-bond acceptors (Lipinski definition) is 7. The van der Waals surface area contributed by atoms with E-state index >= 15 is 0 Å².